The van der Waals surface area contributed by atoms with Crippen molar-refractivity contribution >= 4 is 10.9 Å². The number of aromatic amines is 1. The molecular weight excluding hydrogens is 246 g/mol. The Balaban J connectivity index is 1.90. The first kappa shape index (κ1) is 12.5. The SMILES string of the molecule is C=CCc1c[nH]c2cccc(OCc3ccccc3)c12. The summed E-state index contributed by atoms with van der Waals surface area (Å²) in [6, 6.07) is 16.3. The van der Waals surface area contributed by atoms with Crippen molar-refractivity contribution in [3.05, 3.63) is 78.5 Å². The minimum atomic E-state index is 0.582. The summed E-state index contributed by atoms with van der Waals surface area (Å²) >= 11 is 0. The maximum absolute atomic E-state index is 6.00. The van der Waals surface area contributed by atoms with Gasteiger partial charge in [0.1, 0.15) is 12.4 Å². The monoisotopic (exact) mass is 263 g/mol. The Morgan fingerprint density at radius 2 is 1.90 bits per heavy atom. The summed E-state index contributed by atoms with van der Waals surface area (Å²) in [6.45, 7) is 4.39. The van der Waals surface area contributed by atoms with Gasteiger partial charge in [-0.05, 0) is 29.7 Å². The number of H-pyrrole nitrogens is 1. The van der Waals surface area contributed by atoms with Crippen molar-refractivity contribution in [3.8, 4) is 5.75 Å². The lowest BCUT2D eigenvalue weighted by Gasteiger charge is -2.08. The Hall–Kier alpha value is -2.48. The molecule has 0 atom stereocenters. The normalized spacial score (nSPS) is 10.6. The lowest BCUT2D eigenvalue weighted by atomic mass is 10.1. The van der Waals surface area contributed by atoms with Crippen molar-refractivity contribution < 1.29 is 4.74 Å². The van der Waals surface area contributed by atoms with E-state index in [9.17, 15) is 0 Å². The minimum absolute atomic E-state index is 0.582. The van der Waals surface area contributed by atoms with Crippen LogP contribution in [0.3, 0.4) is 0 Å². The highest BCUT2D eigenvalue weighted by atomic mass is 16.5. The second-order valence-electron chi connectivity index (χ2n) is 4.76. The quantitative estimate of drug-likeness (QED) is 0.675. The van der Waals surface area contributed by atoms with Gasteiger partial charge in [-0.1, -0.05) is 42.5 Å². The fourth-order valence-electron chi connectivity index (χ4n) is 2.39. The van der Waals surface area contributed by atoms with E-state index in [0.29, 0.717) is 6.61 Å². The zero-order valence-electron chi connectivity index (χ0n) is 11.3. The number of aromatic nitrogens is 1. The minimum Gasteiger partial charge on any atom is -0.488 e. The molecule has 0 aliphatic heterocycles. The van der Waals surface area contributed by atoms with Crippen molar-refractivity contribution in [2.45, 2.75) is 13.0 Å². The second-order valence-corrected chi connectivity index (χ2v) is 4.76. The van der Waals surface area contributed by atoms with Gasteiger partial charge >= 0.3 is 0 Å². The van der Waals surface area contributed by atoms with Gasteiger partial charge in [0.2, 0.25) is 0 Å². The zero-order valence-corrected chi connectivity index (χ0v) is 11.3. The molecular formula is C18H17NO. The second kappa shape index (κ2) is 5.66. The summed E-state index contributed by atoms with van der Waals surface area (Å²) in [4.78, 5) is 3.28. The van der Waals surface area contributed by atoms with Crippen LogP contribution in [-0.2, 0) is 13.0 Å². The molecule has 0 radical (unpaired) electrons. The highest BCUT2D eigenvalue weighted by Gasteiger charge is 2.08. The van der Waals surface area contributed by atoms with E-state index < -0.39 is 0 Å². The molecule has 1 heterocycles. The fourth-order valence-corrected chi connectivity index (χ4v) is 2.39. The molecule has 0 saturated carbocycles. The van der Waals surface area contributed by atoms with Crippen molar-refractivity contribution in [1.82, 2.24) is 4.98 Å². The smallest absolute Gasteiger partial charge is 0.129 e. The van der Waals surface area contributed by atoms with E-state index >= 15 is 0 Å². The molecule has 0 bridgehead atoms. The molecule has 3 aromatic rings. The third kappa shape index (κ3) is 2.45. The molecule has 0 aliphatic carbocycles. The summed E-state index contributed by atoms with van der Waals surface area (Å²) < 4.78 is 6.00. The van der Waals surface area contributed by atoms with Gasteiger partial charge < -0.3 is 9.72 Å². The van der Waals surface area contributed by atoms with Crippen molar-refractivity contribution in [1.29, 1.82) is 0 Å². The molecule has 100 valence electrons. The van der Waals surface area contributed by atoms with E-state index in [2.05, 4.69) is 29.8 Å². The number of nitrogens with one attached hydrogen (secondary N) is 1. The van der Waals surface area contributed by atoms with E-state index in [4.69, 9.17) is 4.74 Å². The lowest BCUT2D eigenvalue weighted by Crippen LogP contribution is -1.96. The number of rotatable bonds is 5. The Morgan fingerprint density at radius 3 is 2.70 bits per heavy atom. The van der Waals surface area contributed by atoms with E-state index in [1.54, 1.807) is 0 Å². The average molecular weight is 263 g/mol. The molecule has 1 N–H and O–H groups in total. The Labute approximate surface area is 118 Å². The van der Waals surface area contributed by atoms with Gasteiger partial charge in [0.25, 0.3) is 0 Å². The number of allylic oxidation sites excluding steroid dienone is 1. The molecule has 2 nitrogen and oxygen atoms in total. The Morgan fingerprint density at radius 1 is 1.05 bits per heavy atom. The molecule has 2 aromatic carbocycles. The maximum Gasteiger partial charge on any atom is 0.129 e. The molecule has 1 aromatic heterocycles. The van der Waals surface area contributed by atoms with Gasteiger partial charge in [-0.3, -0.25) is 0 Å². The lowest BCUT2D eigenvalue weighted by molar-refractivity contribution is 0.310. The third-order valence-electron chi connectivity index (χ3n) is 3.35. The molecule has 0 spiro atoms. The number of hydrogen-bond acceptors (Lipinski definition) is 1. The number of hydrogen-bond donors (Lipinski definition) is 1. The van der Waals surface area contributed by atoms with Crippen LogP contribution in [0.4, 0.5) is 0 Å². The Bertz CT molecular complexity index is 713. The van der Waals surface area contributed by atoms with Gasteiger partial charge in [0, 0.05) is 17.1 Å². The van der Waals surface area contributed by atoms with Crippen LogP contribution in [0.5, 0.6) is 5.75 Å². The van der Waals surface area contributed by atoms with Gasteiger partial charge in [0.05, 0.1) is 0 Å². The first-order valence-corrected chi connectivity index (χ1v) is 6.75. The largest absolute Gasteiger partial charge is 0.488 e. The highest BCUT2D eigenvalue weighted by molar-refractivity contribution is 5.89. The molecule has 0 aliphatic rings. The standard InChI is InChI=1S/C18H17NO/c1-2-7-15-12-19-16-10-6-11-17(18(15)16)20-13-14-8-4-3-5-9-14/h2-6,8-12,19H,1,7,13H2. The Kier molecular flexibility index (Phi) is 3.55. The third-order valence-corrected chi connectivity index (χ3v) is 3.35. The van der Waals surface area contributed by atoms with Gasteiger partial charge in [-0.2, -0.15) is 0 Å². The van der Waals surface area contributed by atoms with Crippen LogP contribution in [0.2, 0.25) is 0 Å². The molecule has 0 unspecified atom stereocenters. The maximum atomic E-state index is 6.00. The van der Waals surface area contributed by atoms with Crippen LogP contribution in [-0.4, -0.2) is 4.98 Å². The van der Waals surface area contributed by atoms with Crippen LogP contribution >= 0.6 is 0 Å². The van der Waals surface area contributed by atoms with Crippen molar-refractivity contribution in [2.75, 3.05) is 0 Å². The highest BCUT2D eigenvalue weighted by Crippen LogP contribution is 2.29. The summed E-state index contributed by atoms with van der Waals surface area (Å²) in [6.07, 6.45) is 4.78. The molecule has 20 heavy (non-hydrogen) atoms. The predicted molar refractivity (Wildman–Crippen MR) is 83.0 cm³/mol. The van der Waals surface area contributed by atoms with Crippen LogP contribution in [0.15, 0.2) is 67.4 Å². The molecule has 0 fully saturated rings. The van der Waals surface area contributed by atoms with E-state index in [-0.39, 0.29) is 0 Å². The van der Waals surface area contributed by atoms with Gasteiger partial charge in [-0.15, -0.1) is 6.58 Å². The van der Waals surface area contributed by atoms with Crippen LogP contribution in [0, 0.1) is 0 Å². The summed E-state index contributed by atoms with van der Waals surface area (Å²) in [7, 11) is 0. The fraction of sp³-hybridized carbons (Fsp3) is 0.111. The van der Waals surface area contributed by atoms with E-state index in [0.717, 1.165) is 23.1 Å². The predicted octanol–water partition coefficient (Wildman–Crippen LogP) is 4.48. The zero-order chi connectivity index (χ0) is 13.8. The molecule has 0 saturated heterocycles. The molecule has 3 rings (SSSR count). The number of benzene rings is 2. The molecule has 2 heteroatoms. The summed E-state index contributed by atoms with van der Waals surface area (Å²) in [5.41, 5.74) is 3.50. The van der Waals surface area contributed by atoms with Gasteiger partial charge in [-0.25, -0.2) is 0 Å². The van der Waals surface area contributed by atoms with Crippen LogP contribution in [0.25, 0.3) is 10.9 Å². The topological polar surface area (TPSA) is 25.0 Å². The van der Waals surface area contributed by atoms with Crippen LogP contribution < -0.4 is 4.74 Å². The number of fused-ring (bicyclic) bond motifs is 1. The van der Waals surface area contributed by atoms with Crippen LogP contribution in [0.1, 0.15) is 11.1 Å². The average Bonchev–Trinajstić information content (AvgIpc) is 2.91. The van der Waals surface area contributed by atoms with Crippen molar-refractivity contribution in [3.63, 3.8) is 0 Å². The summed E-state index contributed by atoms with van der Waals surface area (Å²) in [5.74, 6) is 0.921. The van der Waals surface area contributed by atoms with E-state index in [1.807, 2.05) is 42.6 Å². The molecule has 0 amide bonds. The first-order valence-electron chi connectivity index (χ1n) is 6.75. The van der Waals surface area contributed by atoms with E-state index in [1.165, 1.54) is 11.1 Å². The van der Waals surface area contributed by atoms with Gasteiger partial charge in [0.15, 0.2) is 0 Å². The van der Waals surface area contributed by atoms with Crippen molar-refractivity contribution in [2.24, 2.45) is 0 Å². The number of ether oxygens (including phenoxy) is 1. The summed E-state index contributed by atoms with van der Waals surface area (Å²) in [5, 5.41) is 1.16. The first-order chi connectivity index (χ1) is 9.88.